The molecule has 0 saturated carbocycles. The van der Waals surface area contributed by atoms with Gasteiger partial charge in [0.2, 0.25) is 0 Å². The van der Waals surface area contributed by atoms with E-state index in [-0.39, 0.29) is 0 Å². The predicted octanol–water partition coefficient (Wildman–Crippen LogP) is 3.26. The van der Waals surface area contributed by atoms with Gasteiger partial charge in [-0.2, -0.15) is 0 Å². The van der Waals surface area contributed by atoms with E-state index in [0.29, 0.717) is 0 Å². The van der Waals surface area contributed by atoms with E-state index in [2.05, 4.69) is 44.2 Å². The van der Waals surface area contributed by atoms with Crippen LogP contribution in [0.3, 0.4) is 0 Å². The van der Waals surface area contributed by atoms with E-state index < -0.39 is 0 Å². The van der Waals surface area contributed by atoms with Gasteiger partial charge >= 0.3 is 0 Å². The maximum Gasteiger partial charge on any atom is 0.161 e. The second-order valence-corrected chi connectivity index (χ2v) is 4.39. The highest BCUT2D eigenvalue weighted by Crippen LogP contribution is 2.23. The van der Waals surface area contributed by atoms with Crippen molar-refractivity contribution in [3.05, 3.63) is 40.5 Å². The second kappa shape index (κ2) is 4.61. The standard InChI is InChI=1S/C12H12BrN3/c1-8-7-9(13)3-4-10(8)12-15-6-5-11(14-2)16-12/h3-7H,1-2H3,(H,14,15,16). The predicted molar refractivity (Wildman–Crippen MR) is 69.5 cm³/mol. The van der Waals surface area contributed by atoms with E-state index in [9.17, 15) is 0 Å². The summed E-state index contributed by atoms with van der Waals surface area (Å²) in [6.45, 7) is 2.05. The van der Waals surface area contributed by atoms with Crippen LogP contribution in [0.4, 0.5) is 5.82 Å². The van der Waals surface area contributed by atoms with E-state index in [1.807, 2.05) is 25.2 Å². The van der Waals surface area contributed by atoms with Crippen LogP contribution in [-0.2, 0) is 0 Å². The van der Waals surface area contributed by atoms with Crippen molar-refractivity contribution in [1.82, 2.24) is 9.97 Å². The SMILES string of the molecule is CNc1ccnc(-c2ccc(Br)cc2C)n1. The Kier molecular flexibility index (Phi) is 3.19. The lowest BCUT2D eigenvalue weighted by atomic mass is 10.1. The van der Waals surface area contributed by atoms with Gasteiger partial charge in [0, 0.05) is 23.3 Å². The molecule has 0 aliphatic carbocycles. The fourth-order valence-electron chi connectivity index (χ4n) is 1.51. The van der Waals surface area contributed by atoms with Crippen LogP contribution >= 0.6 is 15.9 Å². The minimum Gasteiger partial charge on any atom is -0.373 e. The van der Waals surface area contributed by atoms with Gasteiger partial charge in [-0.25, -0.2) is 9.97 Å². The van der Waals surface area contributed by atoms with E-state index in [4.69, 9.17) is 0 Å². The first-order valence-corrected chi connectivity index (χ1v) is 5.77. The molecule has 0 saturated heterocycles. The monoisotopic (exact) mass is 277 g/mol. The van der Waals surface area contributed by atoms with Gasteiger partial charge in [-0.15, -0.1) is 0 Å². The highest BCUT2D eigenvalue weighted by atomic mass is 79.9. The molecule has 0 atom stereocenters. The molecule has 3 nitrogen and oxygen atoms in total. The molecule has 1 N–H and O–H groups in total. The zero-order valence-electron chi connectivity index (χ0n) is 9.16. The van der Waals surface area contributed by atoms with Crippen molar-refractivity contribution in [3.8, 4) is 11.4 Å². The molecule has 0 bridgehead atoms. The van der Waals surface area contributed by atoms with E-state index >= 15 is 0 Å². The first kappa shape index (κ1) is 11.1. The topological polar surface area (TPSA) is 37.8 Å². The second-order valence-electron chi connectivity index (χ2n) is 3.47. The zero-order valence-corrected chi connectivity index (χ0v) is 10.7. The molecule has 0 amide bonds. The third kappa shape index (κ3) is 2.22. The Morgan fingerprint density at radius 2 is 2.06 bits per heavy atom. The van der Waals surface area contributed by atoms with Gasteiger partial charge in [0.15, 0.2) is 5.82 Å². The van der Waals surface area contributed by atoms with Gasteiger partial charge in [0.25, 0.3) is 0 Å². The summed E-state index contributed by atoms with van der Waals surface area (Å²) in [6.07, 6.45) is 1.76. The molecule has 82 valence electrons. The van der Waals surface area contributed by atoms with E-state index in [1.54, 1.807) is 6.20 Å². The lowest BCUT2D eigenvalue weighted by Crippen LogP contribution is -1.96. The molecule has 0 spiro atoms. The van der Waals surface area contributed by atoms with E-state index in [0.717, 1.165) is 27.2 Å². The first-order chi connectivity index (χ1) is 7.70. The Bertz CT molecular complexity index is 511. The Labute approximate surface area is 103 Å². The summed E-state index contributed by atoms with van der Waals surface area (Å²) in [5, 5.41) is 3.01. The Hall–Kier alpha value is -1.42. The highest BCUT2D eigenvalue weighted by Gasteiger charge is 2.05. The average molecular weight is 278 g/mol. The molecule has 1 heterocycles. The molecule has 0 fully saturated rings. The number of aromatic nitrogens is 2. The molecule has 1 aromatic carbocycles. The zero-order chi connectivity index (χ0) is 11.5. The molecular weight excluding hydrogens is 266 g/mol. The summed E-state index contributed by atoms with van der Waals surface area (Å²) >= 11 is 3.44. The third-order valence-corrected chi connectivity index (χ3v) is 2.83. The first-order valence-electron chi connectivity index (χ1n) is 4.98. The molecular formula is C12H12BrN3. The molecule has 0 unspecified atom stereocenters. The maximum absolute atomic E-state index is 4.41. The molecule has 4 heteroatoms. The van der Waals surface area contributed by atoms with Crippen molar-refractivity contribution in [3.63, 3.8) is 0 Å². The molecule has 0 radical (unpaired) electrons. The molecule has 0 aliphatic rings. The quantitative estimate of drug-likeness (QED) is 0.916. The summed E-state index contributed by atoms with van der Waals surface area (Å²) in [7, 11) is 1.85. The lowest BCUT2D eigenvalue weighted by Gasteiger charge is -2.06. The number of hydrogen-bond donors (Lipinski definition) is 1. The fraction of sp³-hybridized carbons (Fsp3) is 0.167. The number of halogens is 1. The van der Waals surface area contributed by atoms with Crippen LogP contribution < -0.4 is 5.32 Å². The third-order valence-electron chi connectivity index (χ3n) is 2.34. The Morgan fingerprint density at radius 1 is 1.25 bits per heavy atom. The number of hydrogen-bond acceptors (Lipinski definition) is 3. The minimum atomic E-state index is 0.747. The normalized spacial score (nSPS) is 10.2. The van der Waals surface area contributed by atoms with Gasteiger partial charge in [-0.3, -0.25) is 0 Å². The van der Waals surface area contributed by atoms with Crippen molar-refractivity contribution in [2.75, 3.05) is 12.4 Å². The largest absolute Gasteiger partial charge is 0.373 e. The van der Waals surface area contributed by atoms with Crippen LogP contribution in [0.5, 0.6) is 0 Å². The Morgan fingerprint density at radius 3 is 2.75 bits per heavy atom. The number of nitrogens with zero attached hydrogens (tertiary/aromatic N) is 2. The van der Waals surface area contributed by atoms with Crippen LogP contribution in [0.1, 0.15) is 5.56 Å². The summed E-state index contributed by atoms with van der Waals surface area (Å²) in [6, 6.07) is 7.92. The lowest BCUT2D eigenvalue weighted by molar-refractivity contribution is 1.16. The Balaban J connectivity index is 2.49. The summed E-state index contributed by atoms with van der Waals surface area (Å²) in [5.41, 5.74) is 2.21. The fourth-order valence-corrected chi connectivity index (χ4v) is 1.98. The van der Waals surface area contributed by atoms with Gasteiger partial charge in [0.05, 0.1) is 0 Å². The summed E-state index contributed by atoms with van der Waals surface area (Å²) < 4.78 is 1.07. The van der Waals surface area contributed by atoms with Crippen molar-refractivity contribution in [2.45, 2.75) is 6.92 Å². The van der Waals surface area contributed by atoms with Gasteiger partial charge in [0.1, 0.15) is 5.82 Å². The smallest absolute Gasteiger partial charge is 0.161 e. The van der Waals surface area contributed by atoms with Crippen LogP contribution in [0.2, 0.25) is 0 Å². The van der Waals surface area contributed by atoms with Gasteiger partial charge in [-0.1, -0.05) is 15.9 Å². The molecule has 2 rings (SSSR count). The van der Waals surface area contributed by atoms with Gasteiger partial charge < -0.3 is 5.32 Å². The van der Waals surface area contributed by atoms with Crippen molar-refractivity contribution < 1.29 is 0 Å². The molecule has 1 aromatic heterocycles. The van der Waals surface area contributed by atoms with E-state index in [1.165, 1.54) is 0 Å². The number of benzene rings is 1. The summed E-state index contributed by atoms with van der Waals surface area (Å²) in [5.74, 6) is 1.57. The van der Waals surface area contributed by atoms with Crippen LogP contribution in [0.25, 0.3) is 11.4 Å². The van der Waals surface area contributed by atoms with Crippen molar-refractivity contribution in [1.29, 1.82) is 0 Å². The van der Waals surface area contributed by atoms with Crippen LogP contribution in [0, 0.1) is 6.92 Å². The minimum absolute atomic E-state index is 0.747. The molecule has 2 aromatic rings. The highest BCUT2D eigenvalue weighted by molar-refractivity contribution is 9.10. The maximum atomic E-state index is 4.41. The number of anilines is 1. The van der Waals surface area contributed by atoms with Crippen molar-refractivity contribution >= 4 is 21.7 Å². The number of rotatable bonds is 2. The summed E-state index contributed by atoms with van der Waals surface area (Å²) in [4.78, 5) is 8.70. The van der Waals surface area contributed by atoms with Crippen LogP contribution in [-0.4, -0.2) is 17.0 Å². The van der Waals surface area contributed by atoms with Crippen LogP contribution in [0.15, 0.2) is 34.9 Å². The average Bonchev–Trinajstić information content (AvgIpc) is 2.29. The number of aryl methyl sites for hydroxylation is 1. The van der Waals surface area contributed by atoms with Crippen molar-refractivity contribution in [2.24, 2.45) is 0 Å². The molecule has 0 aliphatic heterocycles. The van der Waals surface area contributed by atoms with Gasteiger partial charge in [-0.05, 0) is 36.8 Å². The number of nitrogens with one attached hydrogen (secondary N) is 1. The molecule has 16 heavy (non-hydrogen) atoms.